The molecule has 0 radical (unpaired) electrons. The third-order valence-corrected chi connectivity index (χ3v) is 9.23. The second kappa shape index (κ2) is 12.7. The van der Waals surface area contributed by atoms with E-state index in [4.69, 9.17) is 21.6 Å². The SMILES string of the molecule is Cc1cccc(N(O)SNc2ccc(F)c(Nc3ncnc4ccc(-n5cnc6c(C7CCNCC7)cccc65)nc34)c2F)c1Cl. The van der Waals surface area contributed by atoms with Gasteiger partial charge in [-0.15, -0.1) is 0 Å². The lowest BCUT2D eigenvalue weighted by atomic mass is 9.89. The van der Waals surface area contributed by atoms with Crippen molar-refractivity contribution in [3.63, 3.8) is 0 Å². The molecule has 4 heterocycles. The van der Waals surface area contributed by atoms with Crippen LogP contribution >= 0.6 is 23.7 Å². The van der Waals surface area contributed by atoms with Crippen molar-refractivity contribution in [2.24, 2.45) is 0 Å². The standard InChI is InChI=1S/C32H28ClF2N9OS/c1-18-4-2-6-24(27(18)33)44(45)46-42-22-9-8-21(34)30(28(22)35)41-32-31-23(37-16-38-32)10-11-26(40-31)43-17-39-29-20(5-3-7-25(29)43)19-12-14-36-15-13-19/h2-11,16-17,19,36,42,45H,12-15H2,1H3,(H,37,38,41). The third kappa shape index (κ3) is 5.66. The first-order valence-electron chi connectivity index (χ1n) is 14.6. The predicted molar refractivity (Wildman–Crippen MR) is 178 cm³/mol. The van der Waals surface area contributed by atoms with Gasteiger partial charge in [0, 0.05) is 0 Å². The van der Waals surface area contributed by atoms with Crippen LogP contribution in [0.3, 0.4) is 0 Å². The van der Waals surface area contributed by atoms with Crippen molar-refractivity contribution in [2.75, 3.05) is 27.6 Å². The highest BCUT2D eigenvalue weighted by Crippen LogP contribution is 2.35. The zero-order chi connectivity index (χ0) is 31.8. The van der Waals surface area contributed by atoms with Crippen LogP contribution < -0.4 is 19.8 Å². The summed E-state index contributed by atoms with van der Waals surface area (Å²) in [4.78, 5) is 18.1. The number of fused-ring (bicyclic) bond motifs is 2. The van der Waals surface area contributed by atoms with Gasteiger partial charge in [0.25, 0.3) is 0 Å². The minimum absolute atomic E-state index is 0.0850. The first-order valence-corrected chi connectivity index (χ1v) is 15.7. The average molecular weight is 660 g/mol. The summed E-state index contributed by atoms with van der Waals surface area (Å²) in [5.74, 6) is -0.670. The molecule has 1 fully saturated rings. The van der Waals surface area contributed by atoms with Gasteiger partial charge in [-0.3, -0.25) is 9.77 Å². The third-order valence-electron chi connectivity index (χ3n) is 8.05. The number of nitrogens with one attached hydrogen (secondary N) is 3. The maximum atomic E-state index is 15.7. The Kier molecular flexibility index (Phi) is 8.30. The van der Waals surface area contributed by atoms with Crippen LogP contribution in [0.4, 0.5) is 31.7 Å². The van der Waals surface area contributed by atoms with E-state index in [-0.39, 0.29) is 11.5 Å². The molecule has 10 nitrogen and oxygen atoms in total. The monoisotopic (exact) mass is 659 g/mol. The van der Waals surface area contributed by atoms with Crippen LogP contribution in [0.2, 0.25) is 5.02 Å². The molecule has 0 aliphatic carbocycles. The van der Waals surface area contributed by atoms with Gasteiger partial charge in [-0.1, -0.05) is 35.9 Å². The Hall–Kier alpha value is -4.56. The highest BCUT2D eigenvalue weighted by atomic mass is 35.5. The molecule has 1 aliphatic rings. The van der Waals surface area contributed by atoms with Crippen molar-refractivity contribution in [3.8, 4) is 5.82 Å². The maximum Gasteiger partial charge on any atom is 0.173 e. The number of nitrogens with zero attached hydrogens (tertiary/aromatic N) is 6. The number of hydrogen-bond acceptors (Lipinski definition) is 10. The largest absolute Gasteiger partial charge is 0.333 e. The van der Waals surface area contributed by atoms with Crippen LogP contribution in [-0.2, 0) is 0 Å². The Morgan fingerprint density at radius 2 is 1.83 bits per heavy atom. The molecule has 0 spiro atoms. The van der Waals surface area contributed by atoms with Gasteiger partial charge in [-0.05, 0) is 86.3 Å². The van der Waals surface area contributed by atoms with Gasteiger partial charge in [0.2, 0.25) is 0 Å². The van der Waals surface area contributed by atoms with Crippen molar-refractivity contribution >= 4 is 68.7 Å². The number of piperidine rings is 1. The Morgan fingerprint density at radius 1 is 1.00 bits per heavy atom. The van der Waals surface area contributed by atoms with E-state index < -0.39 is 17.3 Å². The fourth-order valence-corrected chi connectivity index (χ4v) is 6.50. The molecule has 0 amide bonds. The summed E-state index contributed by atoms with van der Waals surface area (Å²) in [6.07, 6.45) is 5.14. The Labute approximate surface area is 272 Å². The van der Waals surface area contributed by atoms with Crippen LogP contribution in [0.5, 0.6) is 0 Å². The van der Waals surface area contributed by atoms with Gasteiger partial charge in [0.1, 0.15) is 35.5 Å². The molecule has 0 unspecified atom stereocenters. The number of benzene rings is 3. The van der Waals surface area contributed by atoms with Crippen LogP contribution in [0.25, 0.3) is 27.9 Å². The minimum Gasteiger partial charge on any atom is -0.333 e. The molecule has 4 N–H and O–H groups in total. The quantitative estimate of drug-likeness (QED) is 0.0957. The van der Waals surface area contributed by atoms with Crippen LogP contribution in [0.15, 0.2) is 73.3 Å². The molecule has 234 valence electrons. The Bertz CT molecular complexity index is 2070. The fourth-order valence-electron chi connectivity index (χ4n) is 5.65. The maximum absolute atomic E-state index is 15.7. The van der Waals surface area contributed by atoms with Gasteiger partial charge < -0.3 is 15.4 Å². The van der Waals surface area contributed by atoms with Gasteiger partial charge in [0.15, 0.2) is 11.6 Å². The number of pyridine rings is 1. The molecule has 0 atom stereocenters. The summed E-state index contributed by atoms with van der Waals surface area (Å²) >= 11 is 6.96. The van der Waals surface area contributed by atoms with Gasteiger partial charge >= 0.3 is 0 Å². The lowest BCUT2D eigenvalue weighted by molar-refractivity contribution is 0.332. The number of halogens is 3. The lowest BCUT2D eigenvalue weighted by Gasteiger charge is -2.23. The van der Waals surface area contributed by atoms with E-state index in [1.807, 2.05) is 22.8 Å². The molecule has 3 aromatic heterocycles. The van der Waals surface area contributed by atoms with Crippen LogP contribution in [-0.4, -0.2) is 42.8 Å². The van der Waals surface area contributed by atoms with E-state index in [9.17, 15) is 5.21 Å². The normalized spacial score (nSPS) is 13.8. The smallest absolute Gasteiger partial charge is 0.173 e. The summed E-state index contributed by atoms with van der Waals surface area (Å²) < 4.78 is 36.1. The van der Waals surface area contributed by atoms with E-state index in [0.29, 0.717) is 45.6 Å². The molecule has 7 rings (SSSR count). The summed E-state index contributed by atoms with van der Waals surface area (Å²) in [6.45, 7) is 3.75. The molecule has 1 aliphatic heterocycles. The molecule has 14 heteroatoms. The highest BCUT2D eigenvalue weighted by Gasteiger charge is 2.21. The molecule has 0 bridgehead atoms. The van der Waals surface area contributed by atoms with Crippen molar-refractivity contribution in [1.29, 1.82) is 0 Å². The summed E-state index contributed by atoms with van der Waals surface area (Å²) in [5, 5.41) is 17.0. The molecule has 6 aromatic rings. The number of imidazole rings is 1. The Balaban J connectivity index is 1.19. The highest BCUT2D eigenvalue weighted by molar-refractivity contribution is 8.01. The number of rotatable bonds is 8. The van der Waals surface area contributed by atoms with Crippen molar-refractivity contribution in [2.45, 2.75) is 25.7 Å². The van der Waals surface area contributed by atoms with Crippen LogP contribution in [0, 0.1) is 18.6 Å². The molecule has 1 saturated heterocycles. The topological polar surface area (TPSA) is 116 Å². The van der Waals surface area contributed by atoms with Crippen molar-refractivity contribution in [1.82, 2.24) is 29.8 Å². The molecule has 46 heavy (non-hydrogen) atoms. The number of aryl methyl sites for hydroxylation is 1. The molecule has 3 aromatic carbocycles. The zero-order valence-corrected chi connectivity index (χ0v) is 26.1. The van der Waals surface area contributed by atoms with E-state index in [1.165, 1.54) is 18.0 Å². The number of para-hydroxylation sites is 1. The van der Waals surface area contributed by atoms with Crippen molar-refractivity contribution in [3.05, 3.63) is 101 Å². The van der Waals surface area contributed by atoms with Crippen LogP contribution in [0.1, 0.15) is 29.9 Å². The molecule has 0 saturated carbocycles. The second-order valence-electron chi connectivity index (χ2n) is 10.9. The summed E-state index contributed by atoms with van der Waals surface area (Å²) in [6, 6.07) is 17.2. The van der Waals surface area contributed by atoms with Crippen molar-refractivity contribution < 1.29 is 14.0 Å². The van der Waals surface area contributed by atoms with Gasteiger partial charge in [-0.25, -0.2) is 28.7 Å². The zero-order valence-electron chi connectivity index (χ0n) is 24.5. The average Bonchev–Trinajstić information content (AvgIpc) is 3.52. The minimum atomic E-state index is -0.926. The van der Waals surface area contributed by atoms with E-state index in [1.54, 1.807) is 37.5 Å². The molecular weight excluding hydrogens is 632 g/mol. The van der Waals surface area contributed by atoms with Gasteiger partial charge in [0.05, 0.1) is 45.1 Å². The number of hydrogen-bond donors (Lipinski definition) is 4. The first-order chi connectivity index (χ1) is 22.4. The summed E-state index contributed by atoms with van der Waals surface area (Å²) in [7, 11) is 0. The second-order valence-corrected chi connectivity index (χ2v) is 12.0. The number of aromatic nitrogens is 5. The summed E-state index contributed by atoms with van der Waals surface area (Å²) in [5.41, 5.74) is 4.39. The van der Waals surface area contributed by atoms with Gasteiger partial charge in [-0.2, -0.15) is 4.47 Å². The predicted octanol–water partition coefficient (Wildman–Crippen LogP) is 7.69. The number of anilines is 4. The van der Waals surface area contributed by atoms with E-state index in [0.717, 1.165) is 53.1 Å². The lowest BCUT2D eigenvalue weighted by Crippen LogP contribution is -2.26. The Morgan fingerprint density at radius 3 is 2.67 bits per heavy atom. The first kappa shape index (κ1) is 30.1. The van der Waals surface area contributed by atoms with E-state index in [2.05, 4.69) is 31.4 Å². The van der Waals surface area contributed by atoms with E-state index >= 15 is 8.78 Å². The fraction of sp³-hybridized carbons (Fsp3) is 0.188. The molecular formula is C32H28ClF2N9OS.